The molecule has 0 fully saturated rings. The summed E-state index contributed by atoms with van der Waals surface area (Å²) in [6.45, 7) is 3.87. The second-order valence-corrected chi connectivity index (χ2v) is 16.6. The van der Waals surface area contributed by atoms with Crippen LogP contribution in [-0.4, -0.2) is 81.2 Å². The van der Waals surface area contributed by atoms with Gasteiger partial charge in [0.1, 0.15) is 19.8 Å². The van der Waals surface area contributed by atoms with Crippen molar-refractivity contribution in [2.75, 3.05) is 47.5 Å². The quantitative estimate of drug-likeness (QED) is 0.0162. The molecule has 0 aliphatic rings. The van der Waals surface area contributed by atoms with Crippen molar-refractivity contribution in [3.05, 3.63) is 85.1 Å². The van der Waals surface area contributed by atoms with E-state index < -0.39 is 38.6 Å². The van der Waals surface area contributed by atoms with E-state index in [1.165, 1.54) is 19.3 Å². The van der Waals surface area contributed by atoms with Crippen molar-refractivity contribution in [3.8, 4) is 0 Å². The van der Waals surface area contributed by atoms with Gasteiger partial charge in [0.15, 0.2) is 6.10 Å². The molecular formula is C46H78NO9P. The van der Waals surface area contributed by atoms with Gasteiger partial charge in [-0.15, -0.1) is 0 Å². The molecule has 0 bridgehead atoms. The Hall–Kier alpha value is -2.85. The monoisotopic (exact) mass is 820 g/mol. The van der Waals surface area contributed by atoms with Crippen LogP contribution in [0.3, 0.4) is 0 Å². The van der Waals surface area contributed by atoms with E-state index in [0.29, 0.717) is 36.7 Å². The van der Waals surface area contributed by atoms with Crippen LogP contribution in [0.15, 0.2) is 85.1 Å². The van der Waals surface area contributed by atoms with E-state index in [1.54, 1.807) is 12.2 Å². The normalized spacial score (nSPS) is 15.0. The molecule has 0 spiro atoms. The molecule has 326 valence electrons. The number of hydrogen-bond donors (Lipinski definition) is 1. The number of esters is 2. The number of hydrogen-bond acceptors (Lipinski definition) is 9. The van der Waals surface area contributed by atoms with Crippen LogP contribution in [0.5, 0.6) is 0 Å². The number of aliphatic hydroxyl groups excluding tert-OH is 1. The third-order valence-electron chi connectivity index (χ3n) is 8.48. The topological polar surface area (TPSA) is 131 Å². The molecule has 10 nitrogen and oxygen atoms in total. The molecule has 3 atom stereocenters. The maximum Gasteiger partial charge on any atom is 0.306 e. The molecule has 0 aromatic rings. The molecule has 0 saturated heterocycles. The molecule has 0 aromatic heterocycles. The fourth-order valence-corrected chi connectivity index (χ4v) is 5.82. The van der Waals surface area contributed by atoms with Crippen LogP contribution in [0.1, 0.15) is 136 Å². The number of allylic oxidation sites excluding steroid dienone is 12. The predicted octanol–water partition coefficient (Wildman–Crippen LogP) is 10.4. The molecule has 0 saturated carbocycles. The van der Waals surface area contributed by atoms with E-state index in [-0.39, 0.29) is 26.1 Å². The van der Waals surface area contributed by atoms with Crippen LogP contribution < -0.4 is 4.89 Å². The third kappa shape index (κ3) is 41.1. The molecular weight excluding hydrogens is 741 g/mol. The molecule has 0 aliphatic heterocycles. The van der Waals surface area contributed by atoms with Crippen molar-refractivity contribution in [1.82, 2.24) is 0 Å². The largest absolute Gasteiger partial charge is 0.756 e. The van der Waals surface area contributed by atoms with E-state index >= 15 is 0 Å². The highest BCUT2D eigenvalue weighted by Crippen LogP contribution is 2.38. The summed E-state index contributed by atoms with van der Waals surface area (Å²) in [7, 11) is 1.06. The first kappa shape index (κ1) is 54.2. The average molecular weight is 820 g/mol. The summed E-state index contributed by atoms with van der Waals surface area (Å²) in [5.74, 6) is -0.995. The lowest BCUT2D eigenvalue weighted by Crippen LogP contribution is -2.37. The number of unbranched alkanes of at least 4 members (excludes halogenated alkanes) is 9. The molecule has 0 amide bonds. The first-order valence-electron chi connectivity index (χ1n) is 21.4. The van der Waals surface area contributed by atoms with Crippen LogP contribution in [0, 0.1) is 0 Å². The van der Waals surface area contributed by atoms with Gasteiger partial charge in [-0.1, -0.05) is 131 Å². The number of ether oxygens (including phenoxy) is 2. The first-order chi connectivity index (χ1) is 27.4. The molecule has 57 heavy (non-hydrogen) atoms. The van der Waals surface area contributed by atoms with Gasteiger partial charge in [0, 0.05) is 12.8 Å². The lowest BCUT2D eigenvalue weighted by atomic mass is 10.1. The maximum absolute atomic E-state index is 12.7. The van der Waals surface area contributed by atoms with E-state index in [2.05, 4.69) is 68.5 Å². The summed E-state index contributed by atoms with van der Waals surface area (Å²) in [5, 5.41) is 10.1. The highest BCUT2D eigenvalue weighted by atomic mass is 31.2. The predicted molar refractivity (Wildman–Crippen MR) is 232 cm³/mol. The zero-order valence-electron chi connectivity index (χ0n) is 36.1. The van der Waals surface area contributed by atoms with Crippen LogP contribution in [0.25, 0.3) is 0 Å². The number of phosphoric ester groups is 1. The number of phosphoric acid groups is 1. The van der Waals surface area contributed by atoms with Crippen LogP contribution >= 0.6 is 7.82 Å². The van der Waals surface area contributed by atoms with Crippen LogP contribution in [0.4, 0.5) is 0 Å². The van der Waals surface area contributed by atoms with Gasteiger partial charge in [0.25, 0.3) is 7.82 Å². The molecule has 11 heteroatoms. The summed E-state index contributed by atoms with van der Waals surface area (Å²) >= 11 is 0. The molecule has 2 unspecified atom stereocenters. The van der Waals surface area contributed by atoms with Crippen molar-refractivity contribution in [1.29, 1.82) is 0 Å². The minimum Gasteiger partial charge on any atom is -0.756 e. The Labute approximate surface area is 346 Å². The molecule has 0 rings (SSSR count). The van der Waals surface area contributed by atoms with Gasteiger partial charge in [0.05, 0.1) is 33.9 Å². The minimum absolute atomic E-state index is 0.0614. The fourth-order valence-electron chi connectivity index (χ4n) is 5.09. The average Bonchev–Trinajstić information content (AvgIpc) is 3.15. The van der Waals surface area contributed by atoms with Gasteiger partial charge < -0.3 is 33.0 Å². The third-order valence-corrected chi connectivity index (χ3v) is 9.44. The Morgan fingerprint density at radius 3 is 1.91 bits per heavy atom. The number of likely N-dealkylation sites (N-methyl/N-ethyl adjacent to an activating group) is 1. The number of carbonyl (C=O) groups is 2. The molecule has 0 heterocycles. The van der Waals surface area contributed by atoms with Gasteiger partial charge in [-0.2, -0.15) is 0 Å². The lowest BCUT2D eigenvalue weighted by Gasteiger charge is -2.28. The first-order valence-corrected chi connectivity index (χ1v) is 22.9. The van der Waals surface area contributed by atoms with Gasteiger partial charge in [-0.25, -0.2) is 0 Å². The summed E-state index contributed by atoms with van der Waals surface area (Å²) in [6, 6.07) is 0. The van der Waals surface area contributed by atoms with E-state index in [4.69, 9.17) is 18.5 Å². The van der Waals surface area contributed by atoms with Gasteiger partial charge in [-0.3, -0.25) is 14.2 Å². The molecule has 0 aliphatic carbocycles. The Kier molecular flexibility index (Phi) is 35.6. The van der Waals surface area contributed by atoms with Crippen molar-refractivity contribution in [3.63, 3.8) is 0 Å². The number of nitrogens with zero attached hydrogens (tertiary/aromatic N) is 1. The summed E-state index contributed by atoms with van der Waals surface area (Å²) in [6.07, 6.45) is 43.5. The maximum atomic E-state index is 12.7. The molecule has 1 N–H and O–H groups in total. The standard InChI is InChI=1S/C46H78NO9P/c1-6-8-10-12-14-16-17-18-19-20-21-23-25-29-34-38-46(50)56-44(42-55-57(51,52)54-40-39-47(3,4)5)41-53-45(49)37-33-30-26-28-32-36-43(48)35-31-27-24-22-15-13-11-9-7-2/h8,10,14-16,18-19,22,26-28,31-32,36,43-44,48H,6-7,9,11-13,17,20-21,23-25,29-30,33-35,37-42H2,1-5H3/b10-8-,16-14-,19-18-,22-15-,28-26+,31-27-,36-32-/t43?,44-/m1/s1. The lowest BCUT2D eigenvalue weighted by molar-refractivity contribution is -0.870. The Bertz CT molecular complexity index is 1260. The molecule has 0 radical (unpaired) electrons. The minimum atomic E-state index is -4.67. The fraction of sp³-hybridized carbons (Fsp3) is 0.652. The highest BCUT2D eigenvalue weighted by molar-refractivity contribution is 7.45. The zero-order valence-corrected chi connectivity index (χ0v) is 37.0. The van der Waals surface area contributed by atoms with E-state index in [9.17, 15) is 24.2 Å². The highest BCUT2D eigenvalue weighted by Gasteiger charge is 2.21. The summed E-state index contributed by atoms with van der Waals surface area (Å²) < 4.78 is 33.7. The zero-order chi connectivity index (χ0) is 42.3. The number of quaternary nitrogens is 1. The SMILES string of the molecule is CC/C=C\C/C=C\C/C=C\CCCCCCCC(=O)O[C@H](COC(=O)CCC/C=C/C=C\C(O)C/C=C\C/C=C\CCCCC)COP(=O)([O-])OCC[N+](C)(C)C. The van der Waals surface area contributed by atoms with Gasteiger partial charge in [-0.05, 0) is 77.0 Å². The number of aliphatic hydroxyl groups is 1. The van der Waals surface area contributed by atoms with Crippen molar-refractivity contribution in [2.24, 2.45) is 0 Å². The van der Waals surface area contributed by atoms with Crippen molar-refractivity contribution >= 4 is 19.8 Å². The Morgan fingerprint density at radius 1 is 0.667 bits per heavy atom. The Morgan fingerprint density at radius 2 is 1.25 bits per heavy atom. The number of rotatable bonds is 37. The second-order valence-electron chi connectivity index (χ2n) is 15.2. The molecule has 0 aromatic carbocycles. The van der Waals surface area contributed by atoms with E-state index in [1.807, 2.05) is 39.4 Å². The van der Waals surface area contributed by atoms with Crippen molar-refractivity contribution in [2.45, 2.75) is 148 Å². The van der Waals surface area contributed by atoms with Crippen LogP contribution in [-0.2, 0) is 32.7 Å². The van der Waals surface area contributed by atoms with E-state index in [0.717, 1.165) is 64.2 Å². The van der Waals surface area contributed by atoms with Crippen molar-refractivity contribution < 1.29 is 47.2 Å². The van der Waals surface area contributed by atoms with Gasteiger partial charge in [0.2, 0.25) is 0 Å². The number of carbonyl (C=O) groups excluding carboxylic acids is 2. The Balaban J connectivity index is 4.60. The van der Waals surface area contributed by atoms with Gasteiger partial charge >= 0.3 is 11.9 Å². The summed E-state index contributed by atoms with van der Waals surface area (Å²) in [4.78, 5) is 37.5. The second kappa shape index (κ2) is 37.4. The summed E-state index contributed by atoms with van der Waals surface area (Å²) in [5.41, 5.74) is 0. The van der Waals surface area contributed by atoms with Crippen LogP contribution in [0.2, 0.25) is 0 Å². The smallest absolute Gasteiger partial charge is 0.306 e.